The number of nitrogens with zero attached hydrogens (tertiary/aromatic N) is 1. The first kappa shape index (κ1) is 11.2. The van der Waals surface area contributed by atoms with Gasteiger partial charge < -0.3 is 4.74 Å². The lowest BCUT2D eigenvalue weighted by Crippen LogP contribution is -2.12. The zero-order chi connectivity index (χ0) is 11.4. The smallest absolute Gasteiger partial charge is 0.119 e. The Morgan fingerprint density at radius 3 is 2.62 bits per heavy atom. The maximum Gasteiger partial charge on any atom is 0.119 e. The molecule has 1 atom stereocenters. The Morgan fingerprint density at radius 2 is 2.00 bits per heavy atom. The second-order valence-corrected chi connectivity index (χ2v) is 4.58. The van der Waals surface area contributed by atoms with E-state index in [1.807, 2.05) is 24.3 Å². The molecule has 0 aliphatic heterocycles. The first-order chi connectivity index (χ1) is 7.78. The fourth-order valence-electron chi connectivity index (χ4n) is 2.20. The van der Waals surface area contributed by atoms with Crippen LogP contribution in [0.15, 0.2) is 29.3 Å². The number of aliphatic imine (C=N–C) groups is 1. The third-order valence-electron chi connectivity index (χ3n) is 3.11. The van der Waals surface area contributed by atoms with Gasteiger partial charge >= 0.3 is 0 Å². The van der Waals surface area contributed by atoms with Gasteiger partial charge in [0.2, 0.25) is 0 Å². The lowest BCUT2D eigenvalue weighted by Gasteiger charge is -2.19. The number of methoxy groups -OCH3 is 1. The van der Waals surface area contributed by atoms with Crippen molar-refractivity contribution in [3.63, 3.8) is 0 Å². The van der Waals surface area contributed by atoms with E-state index in [0.29, 0.717) is 0 Å². The van der Waals surface area contributed by atoms with Crippen LogP contribution in [0.1, 0.15) is 32.6 Å². The monoisotopic (exact) mass is 217 g/mol. The molecule has 1 aliphatic rings. The number of rotatable bonds is 2. The Labute approximate surface area is 97.4 Å². The summed E-state index contributed by atoms with van der Waals surface area (Å²) in [6.45, 7) is 2.31. The van der Waals surface area contributed by atoms with Gasteiger partial charge in [-0.1, -0.05) is 6.92 Å². The van der Waals surface area contributed by atoms with Crippen LogP contribution in [0.2, 0.25) is 0 Å². The molecule has 0 bridgehead atoms. The van der Waals surface area contributed by atoms with Crippen molar-refractivity contribution in [2.45, 2.75) is 32.6 Å². The summed E-state index contributed by atoms with van der Waals surface area (Å²) in [7, 11) is 1.68. The molecule has 0 saturated heterocycles. The Morgan fingerprint density at radius 1 is 1.25 bits per heavy atom. The van der Waals surface area contributed by atoms with Crippen molar-refractivity contribution in [2.75, 3.05) is 7.11 Å². The second kappa shape index (κ2) is 5.15. The first-order valence-corrected chi connectivity index (χ1v) is 5.98. The summed E-state index contributed by atoms with van der Waals surface area (Å²) in [5, 5.41) is 0. The Balaban J connectivity index is 2.09. The largest absolute Gasteiger partial charge is 0.497 e. The first-order valence-electron chi connectivity index (χ1n) is 5.98. The molecule has 1 aromatic carbocycles. The SMILES string of the molecule is COc1ccc(/N=C2\CCCC(C)C2)cc1. The average molecular weight is 217 g/mol. The summed E-state index contributed by atoms with van der Waals surface area (Å²) in [5.41, 5.74) is 2.40. The van der Waals surface area contributed by atoms with Crippen LogP contribution in [0, 0.1) is 5.92 Å². The third-order valence-corrected chi connectivity index (χ3v) is 3.11. The van der Waals surface area contributed by atoms with Crippen LogP contribution in [0.5, 0.6) is 5.75 Å². The number of hydrogen-bond acceptors (Lipinski definition) is 2. The molecule has 2 nitrogen and oxygen atoms in total. The van der Waals surface area contributed by atoms with Crippen LogP contribution in [-0.4, -0.2) is 12.8 Å². The average Bonchev–Trinajstić information content (AvgIpc) is 2.30. The van der Waals surface area contributed by atoms with Gasteiger partial charge in [-0.15, -0.1) is 0 Å². The molecule has 1 fully saturated rings. The van der Waals surface area contributed by atoms with Gasteiger partial charge in [0.1, 0.15) is 5.75 Å². The molecular weight excluding hydrogens is 198 g/mol. The molecule has 0 amide bonds. The van der Waals surface area contributed by atoms with Gasteiger partial charge in [0.25, 0.3) is 0 Å². The second-order valence-electron chi connectivity index (χ2n) is 4.58. The molecule has 86 valence electrons. The van der Waals surface area contributed by atoms with Crippen molar-refractivity contribution < 1.29 is 4.74 Å². The van der Waals surface area contributed by atoms with Crippen molar-refractivity contribution in [1.29, 1.82) is 0 Å². The highest BCUT2D eigenvalue weighted by Gasteiger charge is 2.13. The minimum absolute atomic E-state index is 0.797. The Bertz CT molecular complexity index is 367. The quantitative estimate of drug-likeness (QED) is 0.734. The van der Waals surface area contributed by atoms with Gasteiger partial charge in [-0.2, -0.15) is 0 Å². The van der Waals surface area contributed by atoms with Crippen molar-refractivity contribution in [2.24, 2.45) is 10.9 Å². The molecular formula is C14H19NO. The fraction of sp³-hybridized carbons (Fsp3) is 0.500. The fourth-order valence-corrected chi connectivity index (χ4v) is 2.20. The predicted octanol–water partition coefficient (Wildman–Crippen LogP) is 3.98. The lowest BCUT2D eigenvalue weighted by molar-refractivity contribution is 0.415. The van der Waals surface area contributed by atoms with Gasteiger partial charge in [0, 0.05) is 5.71 Å². The summed E-state index contributed by atoms with van der Waals surface area (Å²) >= 11 is 0. The van der Waals surface area contributed by atoms with Gasteiger partial charge in [-0.25, -0.2) is 0 Å². The topological polar surface area (TPSA) is 21.6 Å². The Kier molecular flexibility index (Phi) is 3.60. The normalized spacial score (nSPS) is 23.4. The standard InChI is InChI=1S/C14H19NO/c1-11-4-3-5-13(10-11)15-12-6-8-14(16-2)9-7-12/h6-9,11H,3-5,10H2,1-2H3/b15-13+. The molecule has 1 aromatic rings. The highest BCUT2D eigenvalue weighted by atomic mass is 16.5. The van der Waals surface area contributed by atoms with E-state index in [4.69, 9.17) is 9.73 Å². The summed E-state index contributed by atoms with van der Waals surface area (Å²) in [6.07, 6.45) is 4.96. The van der Waals surface area contributed by atoms with E-state index in [1.54, 1.807) is 7.11 Å². The predicted molar refractivity (Wildman–Crippen MR) is 67.7 cm³/mol. The number of hydrogen-bond donors (Lipinski definition) is 0. The molecule has 0 spiro atoms. The molecule has 2 heteroatoms. The molecule has 16 heavy (non-hydrogen) atoms. The van der Waals surface area contributed by atoms with Crippen molar-refractivity contribution in [3.8, 4) is 5.75 Å². The van der Waals surface area contributed by atoms with Crippen LogP contribution >= 0.6 is 0 Å². The lowest BCUT2D eigenvalue weighted by atomic mass is 9.89. The summed E-state index contributed by atoms with van der Waals surface area (Å²) in [6, 6.07) is 7.97. The van der Waals surface area contributed by atoms with Crippen LogP contribution in [0.3, 0.4) is 0 Å². The molecule has 0 N–H and O–H groups in total. The van der Waals surface area contributed by atoms with E-state index in [2.05, 4.69) is 6.92 Å². The summed E-state index contributed by atoms with van der Waals surface area (Å²) in [4.78, 5) is 4.70. The van der Waals surface area contributed by atoms with Crippen LogP contribution in [-0.2, 0) is 0 Å². The van der Waals surface area contributed by atoms with Gasteiger partial charge in [0.05, 0.1) is 12.8 Å². The van der Waals surface area contributed by atoms with Gasteiger partial charge in [-0.05, 0) is 55.9 Å². The van der Waals surface area contributed by atoms with Gasteiger partial charge in [-0.3, -0.25) is 4.99 Å². The summed E-state index contributed by atoms with van der Waals surface area (Å²) < 4.78 is 5.13. The minimum atomic E-state index is 0.797. The van der Waals surface area contributed by atoms with Crippen molar-refractivity contribution in [3.05, 3.63) is 24.3 Å². The zero-order valence-electron chi connectivity index (χ0n) is 10.1. The van der Waals surface area contributed by atoms with Crippen molar-refractivity contribution in [1.82, 2.24) is 0 Å². The molecule has 1 aliphatic carbocycles. The Hall–Kier alpha value is -1.31. The van der Waals surface area contributed by atoms with Gasteiger partial charge in [0.15, 0.2) is 0 Å². The van der Waals surface area contributed by atoms with E-state index in [0.717, 1.165) is 30.2 Å². The number of benzene rings is 1. The molecule has 0 radical (unpaired) electrons. The van der Waals surface area contributed by atoms with Crippen LogP contribution in [0.25, 0.3) is 0 Å². The highest BCUT2D eigenvalue weighted by molar-refractivity contribution is 5.87. The highest BCUT2D eigenvalue weighted by Crippen LogP contribution is 2.25. The minimum Gasteiger partial charge on any atom is -0.497 e. The molecule has 1 unspecified atom stereocenters. The summed E-state index contributed by atoms with van der Waals surface area (Å²) in [5.74, 6) is 1.69. The molecule has 0 heterocycles. The molecule has 1 saturated carbocycles. The van der Waals surface area contributed by atoms with E-state index >= 15 is 0 Å². The van der Waals surface area contributed by atoms with E-state index in [1.165, 1.54) is 18.6 Å². The molecule has 0 aromatic heterocycles. The van der Waals surface area contributed by atoms with E-state index in [-0.39, 0.29) is 0 Å². The third kappa shape index (κ3) is 2.84. The zero-order valence-corrected chi connectivity index (χ0v) is 10.1. The van der Waals surface area contributed by atoms with E-state index in [9.17, 15) is 0 Å². The number of ether oxygens (including phenoxy) is 1. The van der Waals surface area contributed by atoms with Crippen molar-refractivity contribution >= 4 is 11.4 Å². The maximum atomic E-state index is 5.13. The molecule has 2 rings (SSSR count). The van der Waals surface area contributed by atoms with E-state index < -0.39 is 0 Å². The van der Waals surface area contributed by atoms with Crippen LogP contribution < -0.4 is 4.74 Å². The maximum absolute atomic E-state index is 5.13. The van der Waals surface area contributed by atoms with Crippen LogP contribution in [0.4, 0.5) is 5.69 Å².